The molecule has 0 spiro atoms. The molecule has 1 aromatic heterocycles. The Balaban J connectivity index is 1.80. The van der Waals surface area contributed by atoms with E-state index in [1.165, 1.54) is 30.5 Å². The standard InChI is InChI=1S/C21H12ClF3N4O3/c22-13-4-3-11-10(7-27-19(11)18(13)25)5-14-20(31)29(21(32)28-14)15(8-30)12-2-1-9(6-26)16(23)17(12)24/h1-5,7,15,30-31H,8H2,(H,28,32)/b10-5+. The molecule has 3 N–H and O–H groups in total. The molecule has 0 saturated carbocycles. The minimum Gasteiger partial charge on any atom is -0.493 e. The molecule has 32 heavy (non-hydrogen) atoms. The minimum atomic E-state index is -1.49. The molecule has 0 radical (unpaired) electrons. The molecule has 0 fully saturated rings. The quantitative estimate of drug-likeness (QED) is 0.551. The highest BCUT2D eigenvalue weighted by Crippen LogP contribution is 2.38. The summed E-state index contributed by atoms with van der Waals surface area (Å²) in [7, 11) is 0. The number of H-pyrrole nitrogens is 1. The van der Waals surface area contributed by atoms with Crippen molar-refractivity contribution in [3.8, 4) is 11.9 Å². The van der Waals surface area contributed by atoms with Gasteiger partial charge in [0, 0.05) is 22.9 Å². The van der Waals surface area contributed by atoms with Crippen LogP contribution in [0.5, 0.6) is 5.88 Å². The number of aromatic nitrogens is 2. The van der Waals surface area contributed by atoms with Crippen LogP contribution in [-0.4, -0.2) is 32.6 Å². The van der Waals surface area contributed by atoms with Crippen LogP contribution < -0.4 is 5.69 Å². The van der Waals surface area contributed by atoms with Crippen molar-refractivity contribution in [1.29, 1.82) is 5.26 Å². The third kappa shape index (κ3) is 3.28. The number of aliphatic hydroxyl groups is 1. The summed E-state index contributed by atoms with van der Waals surface area (Å²) < 4.78 is 43.3. The van der Waals surface area contributed by atoms with Gasteiger partial charge < -0.3 is 15.2 Å². The minimum absolute atomic E-state index is 0.00613. The van der Waals surface area contributed by atoms with Crippen LogP contribution in [0.4, 0.5) is 18.9 Å². The fourth-order valence-corrected chi connectivity index (χ4v) is 3.60. The lowest BCUT2D eigenvalue weighted by atomic mass is 10.0. The average Bonchev–Trinajstić information content (AvgIpc) is 3.30. The Kier molecular flexibility index (Phi) is 5.38. The summed E-state index contributed by atoms with van der Waals surface area (Å²) in [5.41, 5.74) is -1.35. The van der Waals surface area contributed by atoms with Crippen LogP contribution in [0.25, 0.3) is 11.6 Å². The predicted molar refractivity (Wildman–Crippen MR) is 110 cm³/mol. The number of imidazole rings is 1. The van der Waals surface area contributed by atoms with Crippen molar-refractivity contribution in [1.82, 2.24) is 9.55 Å². The first-order valence-electron chi connectivity index (χ1n) is 9.05. The SMILES string of the molecule is N#Cc1ccc(C(CO)n2c(O)c(/C=C3\C=Nc4c3ccc(Cl)c4F)[nH]c2=O)c(F)c1F. The highest BCUT2D eigenvalue weighted by Gasteiger charge is 2.27. The number of hydrogen-bond donors (Lipinski definition) is 3. The maximum Gasteiger partial charge on any atom is 0.329 e. The van der Waals surface area contributed by atoms with Gasteiger partial charge in [-0.25, -0.2) is 18.0 Å². The zero-order valence-corrected chi connectivity index (χ0v) is 16.7. The van der Waals surface area contributed by atoms with E-state index in [1.54, 1.807) is 0 Å². The van der Waals surface area contributed by atoms with E-state index in [9.17, 15) is 28.2 Å². The number of allylic oxidation sites excluding steroid dienone is 1. The molecule has 0 aliphatic carbocycles. The topological polar surface area (TPSA) is 114 Å². The third-order valence-electron chi connectivity index (χ3n) is 5.02. The Morgan fingerprint density at radius 2 is 1.97 bits per heavy atom. The molecule has 162 valence electrons. The van der Waals surface area contributed by atoms with E-state index in [4.69, 9.17) is 16.9 Å². The number of aliphatic hydroxyl groups excluding tert-OH is 1. The number of hydrogen-bond acceptors (Lipinski definition) is 5. The summed E-state index contributed by atoms with van der Waals surface area (Å²) in [5.74, 6) is -4.27. The van der Waals surface area contributed by atoms with Crippen molar-refractivity contribution >= 4 is 35.2 Å². The Morgan fingerprint density at radius 3 is 2.66 bits per heavy atom. The number of aliphatic imine (C=N–C) groups is 1. The Hall–Kier alpha value is -3.81. The Bertz CT molecular complexity index is 1420. The Labute approximate surface area is 183 Å². The number of nitrogens with one attached hydrogen (secondary N) is 1. The van der Waals surface area contributed by atoms with Crippen molar-refractivity contribution < 1.29 is 23.4 Å². The molecule has 2 heterocycles. The molecule has 3 aromatic rings. The zero-order chi connectivity index (χ0) is 23.2. The largest absolute Gasteiger partial charge is 0.493 e. The number of halogens is 4. The first-order valence-corrected chi connectivity index (χ1v) is 9.42. The Morgan fingerprint density at radius 1 is 1.22 bits per heavy atom. The van der Waals surface area contributed by atoms with E-state index in [1.807, 2.05) is 0 Å². The van der Waals surface area contributed by atoms with Crippen LogP contribution in [-0.2, 0) is 0 Å². The molecule has 1 atom stereocenters. The van der Waals surface area contributed by atoms with Crippen molar-refractivity contribution in [2.75, 3.05) is 6.61 Å². The van der Waals surface area contributed by atoms with Crippen molar-refractivity contribution in [3.63, 3.8) is 0 Å². The number of benzene rings is 2. The van der Waals surface area contributed by atoms with Gasteiger partial charge in [0.15, 0.2) is 17.5 Å². The molecule has 0 bridgehead atoms. The number of fused-ring (bicyclic) bond motifs is 1. The van der Waals surface area contributed by atoms with Crippen LogP contribution in [0, 0.1) is 28.8 Å². The lowest BCUT2D eigenvalue weighted by molar-refractivity contribution is 0.233. The van der Waals surface area contributed by atoms with E-state index in [0.717, 1.165) is 12.1 Å². The molecule has 4 rings (SSSR count). The van der Waals surface area contributed by atoms with Crippen LogP contribution >= 0.6 is 11.6 Å². The van der Waals surface area contributed by atoms with Crippen molar-refractivity contribution in [3.05, 3.63) is 79.6 Å². The molecular weight excluding hydrogens is 449 g/mol. The molecule has 1 aliphatic heterocycles. The second-order valence-corrected chi connectivity index (χ2v) is 7.20. The monoisotopic (exact) mass is 460 g/mol. The maximum atomic E-state index is 14.5. The van der Waals surface area contributed by atoms with Crippen LogP contribution in [0.3, 0.4) is 0 Å². The number of rotatable bonds is 4. The summed E-state index contributed by atoms with van der Waals surface area (Å²) in [4.78, 5) is 18.8. The first kappa shape index (κ1) is 21.4. The summed E-state index contributed by atoms with van der Waals surface area (Å²) in [6.07, 6.45) is 2.61. The normalized spacial score (nSPS) is 14.6. The average molecular weight is 461 g/mol. The van der Waals surface area contributed by atoms with Gasteiger partial charge in [-0.1, -0.05) is 23.7 Å². The van der Waals surface area contributed by atoms with Gasteiger partial charge in [-0.15, -0.1) is 0 Å². The van der Waals surface area contributed by atoms with E-state index in [-0.39, 0.29) is 16.4 Å². The van der Waals surface area contributed by atoms with Crippen LogP contribution in [0.2, 0.25) is 5.02 Å². The fourth-order valence-electron chi connectivity index (χ4n) is 3.45. The van der Waals surface area contributed by atoms with E-state index >= 15 is 0 Å². The summed E-state index contributed by atoms with van der Waals surface area (Å²) in [5, 5.41) is 29.1. The third-order valence-corrected chi connectivity index (χ3v) is 5.31. The molecule has 0 amide bonds. The first-order chi connectivity index (χ1) is 15.3. The van der Waals surface area contributed by atoms with Gasteiger partial charge in [0.05, 0.1) is 23.2 Å². The highest BCUT2D eigenvalue weighted by atomic mass is 35.5. The molecule has 1 unspecified atom stereocenters. The van der Waals surface area contributed by atoms with Crippen molar-refractivity contribution in [2.45, 2.75) is 6.04 Å². The van der Waals surface area contributed by atoms with E-state index < -0.39 is 52.8 Å². The summed E-state index contributed by atoms with van der Waals surface area (Å²) in [6.45, 7) is -0.863. The molecular formula is C21H12ClF3N4O3. The zero-order valence-electron chi connectivity index (χ0n) is 15.9. The van der Waals surface area contributed by atoms with Crippen LogP contribution in [0.15, 0.2) is 34.1 Å². The predicted octanol–water partition coefficient (Wildman–Crippen LogP) is 3.66. The highest BCUT2D eigenvalue weighted by molar-refractivity contribution is 6.31. The lowest BCUT2D eigenvalue weighted by Crippen LogP contribution is -2.26. The van der Waals surface area contributed by atoms with Gasteiger partial charge in [0.2, 0.25) is 5.88 Å². The molecule has 2 aromatic carbocycles. The van der Waals surface area contributed by atoms with Gasteiger partial charge in [-0.2, -0.15) is 5.26 Å². The van der Waals surface area contributed by atoms with Crippen LogP contribution in [0.1, 0.15) is 28.4 Å². The summed E-state index contributed by atoms with van der Waals surface area (Å²) >= 11 is 5.74. The van der Waals surface area contributed by atoms with E-state index in [2.05, 4.69) is 9.98 Å². The molecule has 0 saturated heterocycles. The van der Waals surface area contributed by atoms with Gasteiger partial charge in [0.25, 0.3) is 0 Å². The number of nitrogens with zero attached hydrogens (tertiary/aromatic N) is 3. The van der Waals surface area contributed by atoms with Crippen molar-refractivity contribution in [2.24, 2.45) is 4.99 Å². The number of aromatic hydroxyl groups is 1. The van der Waals surface area contributed by atoms with Gasteiger partial charge in [-0.3, -0.25) is 9.56 Å². The second-order valence-electron chi connectivity index (χ2n) is 6.79. The van der Waals surface area contributed by atoms with Gasteiger partial charge >= 0.3 is 5.69 Å². The number of aromatic amines is 1. The van der Waals surface area contributed by atoms with E-state index in [0.29, 0.717) is 15.7 Å². The smallest absolute Gasteiger partial charge is 0.329 e. The van der Waals surface area contributed by atoms with Gasteiger partial charge in [-0.05, 0) is 18.2 Å². The fraction of sp³-hybridized carbons (Fsp3) is 0.0952. The maximum absolute atomic E-state index is 14.5. The molecule has 11 heteroatoms. The lowest BCUT2D eigenvalue weighted by Gasteiger charge is -2.17. The molecule has 1 aliphatic rings. The van der Waals surface area contributed by atoms with Gasteiger partial charge in [0.1, 0.15) is 17.5 Å². The summed E-state index contributed by atoms with van der Waals surface area (Å²) in [6, 6.07) is 4.88. The second kappa shape index (κ2) is 8.03. The number of nitriles is 1. The molecule has 7 nitrogen and oxygen atoms in total.